The minimum Gasteiger partial charge on any atom is -0.362 e. The van der Waals surface area contributed by atoms with Crippen molar-refractivity contribution in [2.45, 2.75) is 19.9 Å². The zero-order chi connectivity index (χ0) is 6.85. The molecule has 2 nitrogen and oxygen atoms in total. The fourth-order valence-corrected chi connectivity index (χ4v) is 0.887. The molecule has 0 amide bonds. The van der Waals surface area contributed by atoms with Gasteiger partial charge in [0.15, 0.2) is 0 Å². The summed E-state index contributed by atoms with van der Waals surface area (Å²) >= 11 is 0. The van der Waals surface area contributed by atoms with Crippen molar-refractivity contribution < 1.29 is 0 Å². The van der Waals surface area contributed by atoms with Gasteiger partial charge in [-0.1, -0.05) is 0 Å². The predicted molar refractivity (Wildman–Crippen MR) is 38.7 cm³/mol. The Bertz CT molecular complexity index is 118. The molecule has 0 saturated heterocycles. The Morgan fingerprint density at radius 1 is 1.33 bits per heavy atom. The van der Waals surface area contributed by atoms with E-state index in [-0.39, 0.29) is 0 Å². The molecule has 1 heterocycles. The normalized spacial score (nSPS) is 18.2. The summed E-state index contributed by atoms with van der Waals surface area (Å²) in [6.07, 6.45) is 4.23. The van der Waals surface area contributed by atoms with Crippen LogP contribution in [0.15, 0.2) is 12.4 Å². The molecule has 0 aliphatic carbocycles. The van der Waals surface area contributed by atoms with Crippen molar-refractivity contribution in [1.82, 2.24) is 9.80 Å². The molecule has 2 heteroatoms. The fourth-order valence-electron chi connectivity index (χ4n) is 0.887. The molecule has 0 saturated carbocycles. The van der Waals surface area contributed by atoms with E-state index in [4.69, 9.17) is 0 Å². The van der Waals surface area contributed by atoms with Crippen LogP contribution in [0.1, 0.15) is 13.8 Å². The highest BCUT2D eigenvalue weighted by Crippen LogP contribution is 2.06. The molecule has 0 atom stereocenters. The second kappa shape index (κ2) is 2.29. The molecule has 0 spiro atoms. The first-order valence-electron chi connectivity index (χ1n) is 3.34. The number of nitrogens with zero attached hydrogens (tertiary/aromatic N) is 2. The van der Waals surface area contributed by atoms with Gasteiger partial charge in [-0.2, -0.15) is 0 Å². The minimum absolute atomic E-state index is 0.631. The molecule has 0 aromatic carbocycles. The van der Waals surface area contributed by atoms with Crippen molar-refractivity contribution in [2.75, 3.05) is 13.7 Å². The van der Waals surface area contributed by atoms with Crippen LogP contribution in [0, 0.1) is 0 Å². The summed E-state index contributed by atoms with van der Waals surface area (Å²) in [6.45, 7) is 5.44. The quantitative estimate of drug-likeness (QED) is 0.518. The van der Waals surface area contributed by atoms with Gasteiger partial charge in [0.1, 0.15) is 0 Å². The summed E-state index contributed by atoms with van der Waals surface area (Å²) in [4.78, 5) is 4.46. The van der Waals surface area contributed by atoms with Gasteiger partial charge < -0.3 is 9.80 Å². The molecule has 0 aromatic rings. The molecule has 0 radical (unpaired) electrons. The Morgan fingerprint density at radius 2 is 2.00 bits per heavy atom. The van der Waals surface area contributed by atoms with Crippen molar-refractivity contribution >= 4 is 0 Å². The summed E-state index contributed by atoms with van der Waals surface area (Å²) in [5.41, 5.74) is 0. The largest absolute Gasteiger partial charge is 0.362 e. The van der Waals surface area contributed by atoms with Gasteiger partial charge in [-0.05, 0) is 13.8 Å². The highest BCUT2D eigenvalue weighted by atomic mass is 15.3. The molecule has 1 aliphatic heterocycles. The average Bonchev–Trinajstić information content (AvgIpc) is 2.14. The van der Waals surface area contributed by atoms with E-state index < -0.39 is 0 Å². The van der Waals surface area contributed by atoms with Gasteiger partial charge in [0.05, 0.1) is 6.67 Å². The van der Waals surface area contributed by atoms with Gasteiger partial charge in [0.2, 0.25) is 0 Å². The first kappa shape index (κ1) is 6.46. The smallest absolute Gasteiger partial charge is 0.0893 e. The van der Waals surface area contributed by atoms with Crippen molar-refractivity contribution in [2.24, 2.45) is 0 Å². The maximum atomic E-state index is 2.29. The Morgan fingerprint density at radius 3 is 2.22 bits per heavy atom. The van der Waals surface area contributed by atoms with Gasteiger partial charge in [-0.3, -0.25) is 0 Å². The van der Waals surface area contributed by atoms with Crippen molar-refractivity contribution in [1.29, 1.82) is 0 Å². The van der Waals surface area contributed by atoms with Crippen LogP contribution in [0.25, 0.3) is 0 Å². The van der Waals surface area contributed by atoms with E-state index in [1.54, 1.807) is 0 Å². The zero-order valence-corrected chi connectivity index (χ0v) is 6.33. The van der Waals surface area contributed by atoms with Crippen LogP contribution in [-0.2, 0) is 0 Å². The number of rotatable bonds is 1. The van der Waals surface area contributed by atoms with Gasteiger partial charge in [0, 0.05) is 25.5 Å². The minimum atomic E-state index is 0.631. The molecule has 1 aliphatic rings. The number of hydrogen-bond donors (Lipinski definition) is 0. The van der Waals surface area contributed by atoms with Gasteiger partial charge in [-0.15, -0.1) is 0 Å². The maximum absolute atomic E-state index is 2.29. The lowest BCUT2D eigenvalue weighted by Gasteiger charge is -2.21. The van der Waals surface area contributed by atoms with Crippen LogP contribution in [0.4, 0.5) is 0 Å². The van der Waals surface area contributed by atoms with Crippen LogP contribution in [-0.4, -0.2) is 29.6 Å². The van der Waals surface area contributed by atoms with Crippen LogP contribution < -0.4 is 0 Å². The third-order valence-corrected chi connectivity index (χ3v) is 1.56. The Hall–Kier alpha value is -0.660. The van der Waals surface area contributed by atoms with Gasteiger partial charge >= 0.3 is 0 Å². The molecule has 0 unspecified atom stereocenters. The van der Waals surface area contributed by atoms with Gasteiger partial charge in [0.25, 0.3) is 0 Å². The Balaban J connectivity index is 2.41. The lowest BCUT2D eigenvalue weighted by molar-refractivity contribution is 0.254. The van der Waals surface area contributed by atoms with Crippen LogP contribution in [0.3, 0.4) is 0 Å². The highest BCUT2D eigenvalue weighted by molar-refractivity contribution is 4.89. The maximum Gasteiger partial charge on any atom is 0.0893 e. The molecule has 0 bridgehead atoms. The van der Waals surface area contributed by atoms with E-state index >= 15 is 0 Å². The van der Waals surface area contributed by atoms with E-state index in [1.807, 2.05) is 0 Å². The fraction of sp³-hybridized carbons (Fsp3) is 0.714. The molecular weight excluding hydrogens is 112 g/mol. The molecule has 1 rings (SSSR count). The van der Waals surface area contributed by atoms with Crippen molar-refractivity contribution in [3.05, 3.63) is 12.4 Å². The zero-order valence-electron chi connectivity index (χ0n) is 6.33. The molecule has 9 heavy (non-hydrogen) atoms. The third-order valence-electron chi connectivity index (χ3n) is 1.56. The summed E-state index contributed by atoms with van der Waals surface area (Å²) in [5.74, 6) is 0. The van der Waals surface area contributed by atoms with E-state index in [9.17, 15) is 0 Å². The van der Waals surface area contributed by atoms with Gasteiger partial charge in [-0.25, -0.2) is 0 Å². The van der Waals surface area contributed by atoms with Crippen molar-refractivity contribution in [3.63, 3.8) is 0 Å². The topological polar surface area (TPSA) is 6.48 Å². The standard InChI is InChI=1S/C7H14N2/c1-7(2)9-5-4-8(3)6-9/h4-5,7H,6H2,1-3H3. The Kier molecular flexibility index (Phi) is 1.65. The lowest BCUT2D eigenvalue weighted by Crippen LogP contribution is -2.28. The Labute approximate surface area is 56.8 Å². The summed E-state index contributed by atoms with van der Waals surface area (Å²) in [5, 5.41) is 0. The monoisotopic (exact) mass is 126 g/mol. The van der Waals surface area contributed by atoms with Crippen molar-refractivity contribution in [3.8, 4) is 0 Å². The third kappa shape index (κ3) is 1.37. The second-order valence-electron chi connectivity index (χ2n) is 2.80. The second-order valence-corrected chi connectivity index (χ2v) is 2.80. The highest BCUT2D eigenvalue weighted by Gasteiger charge is 2.09. The first-order chi connectivity index (χ1) is 4.20. The van der Waals surface area contributed by atoms with Crippen LogP contribution >= 0.6 is 0 Å². The lowest BCUT2D eigenvalue weighted by atomic mass is 10.4. The number of hydrogen-bond acceptors (Lipinski definition) is 2. The molecular formula is C7H14N2. The predicted octanol–water partition coefficient (Wildman–Crippen LogP) is 1.07. The van der Waals surface area contributed by atoms with Crippen LogP contribution in [0.5, 0.6) is 0 Å². The van der Waals surface area contributed by atoms with E-state index in [0.717, 1.165) is 6.67 Å². The van der Waals surface area contributed by atoms with E-state index in [0.29, 0.717) is 6.04 Å². The molecule has 52 valence electrons. The van der Waals surface area contributed by atoms with E-state index in [1.165, 1.54) is 0 Å². The van der Waals surface area contributed by atoms with Crippen LogP contribution in [0.2, 0.25) is 0 Å². The summed E-state index contributed by atoms with van der Waals surface area (Å²) in [7, 11) is 2.08. The molecule has 0 fully saturated rings. The first-order valence-corrected chi connectivity index (χ1v) is 3.34. The summed E-state index contributed by atoms with van der Waals surface area (Å²) < 4.78 is 0. The molecule has 0 N–H and O–H groups in total. The SMILES string of the molecule is CC(C)N1C=CN(C)C1. The molecule has 0 aromatic heterocycles. The van der Waals surface area contributed by atoms with E-state index in [2.05, 4.69) is 43.1 Å². The average molecular weight is 126 g/mol. The summed E-state index contributed by atoms with van der Waals surface area (Å²) in [6, 6.07) is 0.631.